The first kappa shape index (κ1) is 18.4. The molecule has 0 radical (unpaired) electrons. The Morgan fingerprint density at radius 2 is 1.67 bits per heavy atom. The lowest BCUT2D eigenvalue weighted by atomic mass is 10.1. The summed E-state index contributed by atoms with van der Waals surface area (Å²) in [5.74, 6) is -4.91. The molecule has 138 valence electrons. The summed E-state index contributed by atoms with van der Waals surface area (Å²) >= 11 is 0. The second-order valence-corrected chi connectivity index (χ2v) is 5.86. The zero-order chi connectivity index (χ0) is 19.6. The lowest BCUT2D eigenvalue weighted by molar-refractivity contribution is 0.102. The number of aromatic nitrogens is 2. The first-order valence-electron chi connectivity index (χ1n) is 7.97. The number of aryl methyl sites for hydroxylation is 2. The molecule has 2 aromatic carbocycles. The van der Waals surface area contributed by atoms with Gasteiger partial charge in [0.25, 0.3) is 5.91 Å². The van der Waals surface area contributed by atoms with Crippen LogP contribution < -0.4 is 10.6 Å². The number of hydrogen-bond donors (Lipinski definition) is 2. The van der Waals surface area contributed by atoms with E-state index < -0.39 is 29.0 Å². The average molecular weight is 372 g/mol. The molecule has 8 heteroatoms. The number of amides is 1. The van der Waals surface area contributed by atoms with Gasteiger partial charge in [0.2, 0.25) is 0 Å². The number of rotatable bonds is 4. The van der Waals surface area contributed by atoms with Gasteiger partial charge in [-0.2, -0.15) is 0 Å². The second-order valence-electron chi connectivity index (χ2n) is 5.86. The van der Waals surface area contributed by atoms with Crippen molar-refractivity contribution in [3.8, 4) is 0 Å². The number of para-hydroxylation sites is 1. The summed E-state index contributed by atoms with van der Waals surface area (Å²) in [5, 5.41) is 5.28. The molecule has 0 spiro atoms. The molecule has 3 aromatic rings. The number of nitrogens with zero attached hydrogens (tertiary/aromatic N) is 2. The lowest BCUT2D eigenvalue weighted by Crippen LogP contribution is -2.16. The van der Waals surface area contributed by atoms with Crippen molar-refractivity contribution in [3.05, 3.63) is 77.0 Å². The molecule has 0 saturated heterocycles. The maximum Gasteiger partial charge on any atom is 0.274 e. The fourth-order valence-electron chi connectivity index (χ4n) is 2.50. The van der Waals surface area contributed by atoms with E-state index in [1.165, 1.54) is 12.4 Å². The smallest absolute Gasteiger partial charge is 0.274 e. The van der Waals surface area contributed by atoms with Crippen molar-refractivity contribution < 1.29 is 18.0 Å². The third kappa shape index (κ3) is 3.89. The molecule has 5 nitrogen and oxygen atoms in total. The molecule has 3 rings (SSSR count). The molecule has 2 N–H and O–H groups in total. The lowest BCUT2D eigenvalue weighted by Gasteiger charge is -2.12. The highest BCUT2D eigenvalue weighted by Gasteiger charge is 2.17. The number of carbonyl (C=O) groups is 1. The molecule has 0 saturated carbocycles. The molecule has 0 fully saturated rings. The predicted octanol–water partition coefficient (Wildman–Crippen LogP) is 4.51. The number of halogens is 3. The van der Waals surface area contributed by atoms with E-state index in [9.17, 15) is 18.0 Å². The van der Waals surface area contributed by atoms with Crippen molar-refractivity contribution in [1.82, 2.24) is 9.97 Å². The molecular formula is C19H15F3N4O. The Kier molecular flexibility index (Phi) is 5.07. The molecule has 1 aromatic heterocycles. The van der Waals surface area contributed by atoms with Crippen molar-refractivity contribution in [2.45, 2.75) is 13.8 Å². The zero-order valence-electron chi connectivity index (χ0n) is 14.5. The minimum atomic E-state index is -1.66. The Hall–Kier alpha value is -3.42. The van der Waals surface area contributed by atoms with Gasteiger partial charge in [0.05, 0.1) is 5.69 Å². The quantitative estimate of drug-likeness (QED) is 0.662. The third-order valence-electron chi connectivity index (χ3n) is 3.92. The van der Waals surface area contributed by atoms with Crippen LogP contribution >= 0.6 is 0 Å². The first-order chi connectivity index (χ1) is 12.9. The molecule has 0 atom stereocenters. The van der Waals surface area contributed by atoms with Gasteiger partial charge in [0.15, 0.2) is 17.5 Å². The van der Waals surface area contributed by atoms with Crippen LogP contribution in [0.3, 0.4) is 0 Å². The Bertz CT molecular complexity index is 1000. The summed E-state index contributed by atoms with van der Waals surface area (Å²) in [7, 11) is 0. The first-order valence-corrected chi connectivity index (χ1v) is 7.97. The molecule has 0 bridgehead atoms. The molecule has 27 heavy (non-hydrogen) atoms. The van der Waals surface area contributed by atoms with Gasteiger partial charge in [-0.05, 0) is 37.1 Å². The topological polar surface area (TPSA) is 66.9 Å². The van der Waals surface area contributed by atoms with Gasteiger partial charge in [-0.25, -0.2) is 23.1 Å². The number of carbonyl (C=O) groups excluding carboxylic acids is 1. The maximum atomic E-state index is 13.7. The van der Waals surface area contributed by atoms with Crippen molar-refractivity contribution in [2.24, 2.45) is 0 Å². The zero-order valence-corrected chi connectivity index (χ0v) is 14.5. The summed E-state index contributed by atoms with van der Waals surface area (Å²) in [5.41, 5.74) is 2.27. The van der Waals surface area contributed by atoms with E-state index in [1.807, 2.05) is 32.0 Å². The monoisotopic (exact) mass is 372 g/mol. The van der Waals surface area contributed by atoms with Crippen LogP contribution in [0.15, 0.2) is 42.7 Å². The average Bonchev–Trinajstić information content (AvgIpc) is 2.65. The summed E-state index contributed by atoms with van der Waals surface area (Å²) in [6.45, 7) is 3.85. The summed E-state index contributed by atoms with van der Waals surface area (Å²) in [4.78, 5) is 20.2. The van der Waals surface area contributed by atoms with Crippen LogP contribution in [0.4, 0.5) is 30.4 Å². The molecule has 0 aliphatic rings. The summed E-state index contributed by atoms with van der Waals surface area (Å²) in [6.07, 6.45) is 1.17. The van der Waals surface area contributed by atoms with E-state index in [-0.39, 0.29) is 5.69 Å². The van der Waals surface area contributed by atoms with Crippen molar-refractivity contribution in [2.75, 3.05) is 10.6 Å². The highest BCUT2D eigenvalue weighted by atomic mass is 19.2. The fourth-order valence-corrected chi connectivity index (χ4v) is 2.50. The Labute approximate surface area is 153 Å². The molecule has 0 unspecified atom stereocenters. The molecule has 0 aliphatic carbocycles. The summed E-state index contributed by atoms with van der Waals surface area (Å²) < 4.78 is 40.0. The van der Waals surface area contributed by atoms with E-state index in [4.69, 9.17) is 0 Å². The van der Waals surface area contributed by atoms with Crippen LogP contribution in [0.25, 0.3) is 0 Å². The Morgan fingerprint density at radius 3 is 2.37 bits per heavy atom. The number of nitrogens with one attached hydrogen (secondary N) is 2. The van der Waals surface area contributed by atoms with Crippen LogP contribution in [0.1, 0.15) is 21.6 Å². The van der Waals surface area contributed by atoms with E-state index in [1.54, 1.807) is 0 Å². The largest absolute Gasteiger partial charge is 0.340 e. The third-order valence-corrected chi connectivity index (χ3v) is 3.92. The van der Waals surface area contributed by atoms with Gasteiger partial charge in [-0.1, -0.05) is 18.2 Å². The standard InChI is InChI=1S/C19H15F3N4O/c1-10-4-3-5-11(2)18(10)26-15-8-14(23-9-24-15)19(27)25-13-7-6-12(20)16(21)17(13)22/h3-9H,1-2H3,(H,25,27)(H,23,24,26). The minimum absolute atomic E-state index is 0.0668. The van der Waals surface area contributed by atoms with Gasteiger partial charge in [0.1, 0.15) is 17.8 Å². The highest BCUT2D eigenvalue weighted by molar-refractivity contribution is 6.03. The number of anilines is 3. The van der Waals surface area contributed by atoms with Gasteiger partial charge in [-0.3, -0.25) is 4.79 Å². The van der Waals surface area contributed by atoms with Crippen molar-refractivity contribution >= 4 is 23.1 Å². The summed E-state index contributed by atoms with van der Waals surface area (Å²) in [6, 6.07) is 8.81. The maximum absolute atomic E-state index is 13.7. The van der Waals surface area contributed by atoms with E-state index in [0.717, 1.165) is 28.9 Å². The van der Waals surface area contributed by atoms with Crippen molar-refractivity contribution in [3.63, 3.8) is 0 Å². The highest BCUT2D eigenvalue weighted by Crippen LogP contribution is 2.24. The molecular weight excluding hydrogens is 357 g/mol. The molecule has 1 amide bonds. The van der Waals surface area contributed by atoms with Crippen LogP contribution in [-0.2, 0) is 0 Å². The Morgan fingerprint density at radius 1 is 0.963 bits per heavy atom. The van der Waals surface area contributed by atoms with Gasteiger partial charge >= 0.3 is 0 Å². The van der Waals surface area contributed by atoms with E-state index >= 15 is 0 Å². The molecule has 1 heterocycles. The fraction of sp³-hybridized carbons (Fsp3) is 0.105. The van der Waals surface area contributed by atoms with Crippen LogP contribution in [-0.4, -0.2) is 15.9 Å². The van der Waals surface area contributed by atoms with Gasteiger partial charge in [0, 0.05) is 11.8 Å². The number of benzene rings is 2. The van der Waals surface area contributed by atoms with Crippen LogP contribution in [0.5, 0.6) is 0 Å². The van der Waals surface area contributed by atoms with Gasteiger partial charge < -0.3 is 10.6 Å². The number of hydrogen-bond acceptors (Lipinski definition) is 4. The SMILES string of the molecule is Cc1cccc(C)c1Nc1cc(C(=O)Nc2ccc(F)c(F)c2F)ncn1. The van der Waals surface area contributed by atoms with Crippen LogP contribution in [0, 0.1) is 31.3 Å². The van der Waals surface area contributed by atoms with Crippen molar-refractivity contribution in [1.29, 1.82) is 0 Å². The van der Waals surface area contributed by atoms with Gasteiger partial charge in [-0.15, -0.1) is 0 Å². The Balaban J connectivity index is 1.83. The predicted molar refractivity (Wildman–Crippen MR) is 95.5 cm³/mol. The minimum Gasteiger partial charge on any atom is -0.340 e. The van der Waals surface area contributed by atoms with E-state index in [2.05, 4.69) is 20.6 Å². The van der Waals surface area contributed by atoms with E-state index in [0.29, 0.717) is 5.82 Å². The normalized spacial score (nSPS) is 10.6. The molecule has 0 aliphatic heterocycles. The van der Waals surface area contributed by atoms with Crippen LogP contribution in [0.2, 0.25) is 0 Å². The second kappa shape index (κ2) is 7.45.